The summed E-state index contributed by atoms with van der Waals surface area (Å²) < 4.78 is 10.6. The molecule has 2 aliphatic rings. The molecule has 1 saturated carbocycles. The molecule has 0 amide bonds. The Bertz CT molecular complexity index is 333. The third kappa shape index (κ3) is 3.16. The van der Waals surface area contributed by atoms with Gasteiger partial charge in [0.2, 0.25) is 0 Å². The fraction of sp³-hybridized carbons (Fsp3) is 0.867. The molecule has 2 rings (SSSR count). The van der Waals surface area contributed by atoms with Crippen LogP contribution in [0.2, 0.25) is 0 Å². The van der Waals surface area contributed by atoms with E-state index in [0.717, 1.165) is 12.8 Å². The minimum absolute atomic E-state index is 0.0165. The van der Waals surface area contributed by atoms with Crippen molar-refractivity contribution in [2.75, 3.05) is 19.8 Å². The van der Waals surface area contributed by atoms with Gasteiger partial charge in [-0.15, -0.1) is 0 Å². The number of esters is 1. The van der Waals surface area contributed by atoms with E-state index in [1.165, 1.54) is 19.3 Å². The van der Waals surface area contributed by atoms with E-state index in [0.29, 0.717) is 32.0 Å². The highest BCUT2D eigenvalue weighted by molar-refractivity contribution is 6.04. The molecule has 0 aromatic rings. The van der Waals surface area contributed by atoms with Crippen molar-refractivity contribution in [1.29, 1.82) is 0 Å². The van der Waals surface area contributed by atoms with Gasteiger partial charge in [-0.2, -0.15) is 0 Å². The highest BCUT2D eigenvalue weighted by atomic mass is 16.5. The van der Waals surface area contributed by atoms with Gasteiger partial charge in [-0.25, -0.2) is 0 Å². The van der Waals surface area contributed by atoms with Gasteiger partial charge in [-0.05, 0) is 19.3 Å². The van der Waals surface area contributed by atoms with Gasteiger partial charge in [0.15, 0.2) is 5.78 Å². The molecule has 0 aromatic heterocycles. The van der Waals surface area contributed by atoms with E-state index < -0.39 is 5.41 Å². The molecule has 1 atom stereocenters. The van der Waals surface area contributed by atoms with Crippen LogP contribution >= 0.6 is 0 Å². The summed E-state index contributed by atoms with van der Waals surface area (Å²) in [5.41, 5.74) is -1.02. The van der Waals surface area contributed by atoms with E-state index in [1.807, 2.05) is 0 Å². The second-order valence-electron chi connectivity index (χ2n) is 5.74. The van der Waals surface area contributed by atoms with Crippen LogP contribution < -0.4 is 0 Å². The normalized spacial score (nSPS) is 29.2. The van der Waals surface area contributed by atoms with Crippen LogP contribution in [-0.4, -0.2) is 31.6 Å². The zero-order chi connectivity index (χ0) is 13.7. The largest absolute Gasteiger partial charge is 0.465 e. The zero-order valence-corrected chi connectivity index (χ0v) is 11.8. The van der Waals surface area contributed by atoms with Crippen molar-refractivity contribution in [3.8, 4) is 0 Å². The molecule has 0 radical (unpaired) electrons. The Labute approximate surface area is 114 Å². The maximum Gasteiger partial charge on any atom is 0.322 e. The van der Waals surface area contributed by atoms with E-state index in [2.05, 4.69) is 0 Å². The van der Waals surface area contributed by atoms with Crippen LogP contribution in [0.4, 0.5) is 0 Å². The molecule has 1 aliphatic heterocycles. The monoisotopic (exact) mass is 268 g/mol. The smallest absolute Gasteiger partial charge is 0.322 e. The van der Waals surface area contributed by atoms with Crippen molar-refractivity contribution in [2.45, 2.75) is 51.9 Å². The number of rotatable bonds is 4. The van der Waals surface area contributed by atoms with Gasteiger partial charge in [0.1, 0.15) is 5.41 Å². The van der Waals surface area contributed by atoms with E-state index >= 15 is 0 Å². The molecule has 19 heavy (non-hydrogen) atoms. The Balaban J connectivity index is 2.12. The number of carbonyl (C=O) groups excluding carboxylic acids is 2. The Kier molecular flexibility index (Phi) is 4.97. The highest BCUT2D eigenvalue weighted by Gasteiger charge is 2.50. The van der Waals surface area contributed by atoms with Gasteiger partial charge in [0.05, 0.1) is 19.8 Å². The molecule has 2 fully saturated rings. The lowest BCUT2D eigenvalue weighted by Crippen LogP contribution is -2.49. The summed E-state index contributed by atoms with van der Waals surface area (Å²) in [5, 5.41) is 0. The molecule has 0 spiro atoms. The van der Waals surface area contributed by atoms with Gasteiger partial charge in [-0.3, -0.25) is 9.59 Å². The molecular weight excluding hydrogens is 244 g/mol. The predicted octanol–water partition coefficient (Wildman–Crippen LogP) is 2.50. The van der Waals surface area contributed by atoms with Crippen LogP contribution in [-0.2, 0) is 19.1 Å². The van der Waals surface area contributed by atoms with Crippen molar-refractivity contribution in [3.63, 3.8) is 0 Å². The van der Waals surface area contributed by atoms with Crippen molar-refractivity contribution < 1.29 is 19.1 Å². The molecule has 4 nitrogen and oxygen atoms in total. The van der Waals surface area contributed by atoms with E-state index in [9.17, 15) is 9.59 Å². The lowest BCUT2D eigenvalue weighted by molar-refractivity contribution is -0.171. The van der Waals surface area contributed by atoms with Crippen molar-refractivity contribution >= 4 is 11.8 Å². The number of Topliss-reactive ketones (excluding diaryl/α,β-unsaturated/α-hetero) is 1. The van der Waals surface area contributed by atoms with E-state index in [4.69, 9.17) is 9.47 Å². The summed E-state index contributed by atoms with van der Waals surface area (Å²) in [7, 11) is 0. The summed E-state index contributed by atoms with van der Waals surface area (Å²) >= 11 is 0. The lowest BCUT2D eigenvalue weighted by atomic mass is 9.71. The first kappa shape index (κ1) is 14.5. The predicted molar refractivity (Wildman–Crippen MR) is 70.7 cm³/mol. The first-order valence-electron chi connectivity index (χ1n) is 7.47. The second-order valence-corrected chi connectivity index (χ2v) is 5.74. The number of ketones is 1. The van der Waals surface area contributed by atoms with Gasteiger partial charge in [-0.1, -0.05) is 32.1 Å². The third-order valence-electron chi connectivity index (χ3n) is 4.38. The van der Waals surface area contributed by atoms with E-state index in [1.54, 1.807) is 6.92 Å². The summed E-state index contributed by atoms with van der Waals surface area (Å²) in [4.78, 5) is 24.6. The molecule has 108 valence electrons. The van der Waals surface area contributed by atoms with Gasteiger partial charge < -0.3 is 9.47 Å². The van der Waals surface area contributed by atoms with Crippen molar-refractivity contribution in [2.24, 2.45) is 11.3 Å². The fourth-order valence-electron chi connectivity index (χ4n) is 3.31. The standard InChI is InChI=1S/C15H24O4/c1-2-19-14(17)15(11-18-9-8-13(15)16)10-12-6-4-3-5-7-12/h12H,2-11H2,1H3. The summed E-state index contributed by atoms with van der Waals surface area (Å²) in [6.45, 7) is 2.74. The first-order valence-corrected chi connectivity index (χ1v) is 7.47. The number of hydrogen-bond acceptors (Lipinski definition) is 4. The second kappa shape index (κ2) is 6.51. The SMILES string of the molecule is CCOC(=O)C1(CC2CCCCC2)COCCC1=O. The molecule has 4 heteroatoms. The van der Waals surface area contributed by atoms with Crippen LogP contribution in [0, 0.1) is 11.3 Å². The molecular formula is C15H24O4. The van der Waals surface area contributed by atoms with Gasteiger partial charge in [0.25, 0.3) is 0 Å². The fourth-order valence-corrected chi connectivity index (χ4v) is 3.31. The van der Waals surface area contributed by atoms with E-state index in [-0.39, 0.29) is 18.4 Å². The summed E-state index contributed by atoms with van der Waals surface area (Å²) in [6, 6.07) is 0. The Morgan fingerprint density at radius 2 is 2.11 bits per heavy atom. The van der Waals surface area contributed by atoms with Gasteiger partial charge >= 0.3 is 5.97 Å². The van der Waals surface area contributed by atoms with Crippen LogP contribution in [0.25, 0.3) is 0 Å². The maximum atomic E-state index is 12.3. The molecule has 0 bridgehead atoms. The van der Waals surface area contributed by atoms with Crippen LogP contribution in [0.5, 0.6) is 0 Å². The Morgan fingerprint density at radius 1 is 1.37 bits per heavy atom. The molecule has 0 aromatic carbocycles. The first-order chi connectivity index (χ1) is 9.19. The Morgan fingerprint density at radius 3 is 2.74 bits per heavy atom. The summed E-state index contributed by atoms with van der Waals surface area (Å²) in [6.07, 6.45) is 6.88. The average Bonchev–Trinajstić information content (AvgIpc) is 2.43. The topological polar surface area (TPSA) is 52.6 Å². The molecule has 0 N–H and O–H groups in total. The van der Waals surface area contributed by atoms with Gasteiger partial charge in [0, 0.05) is 6.42 Å². The van der Waals surface area contributed by atoms with Crippen LogP contribution in [0.3, 0.4) is 0 Å². The van der Waals surface area contributed by atoms with Crippen molar-refractivity contribution in [3.05, 3.63) is 0 Å². The maximum absolute atomic E-state index is 12.3. The summed E-state index contributed by atoms with van der Waals surface area (Å²) in [5.74, 6) is 0.108. The highest BCUT2D eigenvalue weighted by Crippen LogP contribution is 2.39. The Hall–Kier alpha value is -0.900. The molecule has 1 aliphatic carbocycles. The van der Waals surface area contributed by atoms with Crippen LogP contribution in [0.15, 0.2) is 0 Å². The van der Waals surface area contributed by atoms with Crippen molar-refractivity contribution in [1.82, 2.24) is 0 Å². The number of carbonyl (C=O) groups is 2. The van der Waals surface area contributed by atoms with Crippen LogP contribution in [0.1, 0.15) is 51.9 Å². The minimum atomic E-state index is -1.02. The number of ether oxygens (including phenoxy) is 2. The third-order valence-corrected chi connectivity index (χ3v) is 4.38. The molecule has 1 unspecified atom stereocenters. The minimum Gasteiger partial charge on any atom is -0.465 e. The lowest BCUT2D eigenvalue weighted by Gasteiger charge is -2.36. The number of hydrogen-bond donors (Lipinski definition) is 0. The zero-order valence-electron chi connectivity index (χ0n) is 11.8. The average molecular weight is 268 g/mol. The molecule has 1 heterocycles. The quantitative estimate of drug-likeness (QED) is 0.580. The molecule has 1 saturated heterocycles.